The molecule has 2 rings (SSSR count). The van der Waals surface area contributed by atoms with Crippen LogP contribution in [-0.4, -0.2) is 24.3 Å². The number of nitrogens with one attached hydrogen (secondary N) is 2. The van der Waals surface area contributed by atoms with E-state index in [-0.39, 0.29) is 12.4 Å². The van der Waals surface area contributed by atoms with Crippen LogP contribution in [0.3, 0.4) is 0 Å². The van der Waals surface area contributed by atoms with E-state index in [4.69, 9.17) is 4.74 Å². The molecule has 0 aliphatic heterocycles. The van der Waals surface area contributed by atoms with E-state index in [2.05, 4.69) is 10.6 Å². The number of aliphatic hydroxyl groups excluding tert-OH is 1. The van der Waals surface area contributed by atoms with Crippen molar-refractivity contribution in [3.8, 4) is 5.75 Å². The zero-order valence-corrected chi connectivity index (χ0v) is 13.5. The van der Waals surface area contributed by atoms with Gasteiger partial charge in [-0.25, -0.2) is 9.18 Å². The fourth-order valence-electron chi connectivity index (χ4n) is 2.05. The molecule has 0 aromatic heterocycles. The maximum Gasteiger partial charge on any atom is 0.319 e. The van der Waals surface area contributed by atoms with Crippen molar-refractivity contribution < 1.29 is 19.0 Å². The van der Waals surface area contributed by atoms with Crippen LogP contribution in [-0.2, 0) is 0 Å². The summed E-state index contributed by atoms with van der Waals surface area (Å²) < 4.78 is 18.3. The number of carbonyl (C=O) groups is 1. The number of carbonyl (C=O) groups excluding carboxylic acids is 1. The maximum absolute atomic E-state index is 12.8. The van der Waals surface area contributed by atoms with Gasteiger partial charge in [-0.3, -0.25) is 0 Å². The zero-order valence-electron chi connectivity index (χ0n) is 13.5. The van der Waals surface area contributed by atoms with Gasteiger partial charge in [-0.2, -0.15) is 0 Å². The first-order chi connectivity index (χ1) is 11.6. The lowest BCUT2D eigenvalue weighted by Gasteiger charge is -2.13. The van der Waals surface area contributed by atoms with Gasteiger partial charge in [0.15, 0.2) is 0 Å². The SMILES string of the molecule is CCCOc1cccc(NC(=O)NCC(O)c2ccc(F)cc2)c1. The fourth-order valence-corrected chi connectivity index (χ4v) is 2.05. The number of urea groups is 1. The molecule has 0 bridgehead atoms. The monoisotopic (exact) mass is 332 g/mol. The van der Waals surface area contributed by atoms with E-state index >= 15 is 0 Å². The molecule has 0 radical (unpaired) electrons. The maximum atomic E-state index is 12.8. The Hall–Kier alpha value is -2.60. The molecule has 0 aliphatic carbocycles. The summed E-state index contributed by atoms with van der Waals surface area (Å²) in [6.45, 7) is 2.64. The number of hydrogen-bond acceptors (Lipinski definition) is 3. The highest BCUT2D eigenvalue weighted by molar-refractivity contribution is 5.89. The molecule has 3 N–H and O–H groups in total. The van der Waals surface area contributed by atoms with Crippen molar-refractivity contribution in [3.05, 3.63) is 59.9 Å². The Bertz CT molecular complexity index is 662. The molecule has 2 amide bonds. The molecule has 128 valence electrons. The summed E-state index contributed by atoms with van der Waals surface area (Å²) in [5, 5.41) is 15.2. The van der Waals surface area contributed by atoms with Crippen LogP contribution in [0.1, 0.15) is 25.0 Å². The molecule has 5 nitrogen and oxygen atoms in total. The van der Waals surface area contributed by atoms with Gasteiger partial charge in [-0.15, -0.1) is 0 Å². The number of aliphatic hydroxyl groups is 1. The second-order valence-corrected chi connectivity index (χ2v) is 5.28. The first-order valence-electron chi connectivity index (χ1n) is 7.79. The van der Waals surface area contributed by atoms with E-state index in [1.165, 1.54) is 24.3 Å². The third kappa shape index (κ3) is 5.55. The first-order valence-corrected chi connectivity index (χ1v) is 7.79. The van der Waals surface area contributed by atoms with Crippen molar-refractivity contribution in [2.24, 2.45) is 0 Å². The van der Waals surface area contributed by atoms with E-state index in [1.54, 1.807) is 18.2 Å². The molecule has 6 heteroatoms. The highest BCUT2D eigenvalue weighted by Crippen LogP contribution is 2.17. The smallest absolute Gasteiger partial charge is 0.319 e. The summed E-state index contributed by atoms with van der Waals surface area (Å²) in [6.07, 6.45) is -0.00468. The largest absolute Gasteiger partial charge is 0.494 e. The van der Waals surface area contributed by atoms with Crippen LogP contribution in [0.5, 0.6) is 5.75 Å². The summed E-state index contributed by atoms with van der Waals surface area (Å²) in [5.74, 6) is 0.308. The van der Waals surface area contributed by atoms with Crippen molar-refractivity contribution in [2.45, 2.75) is 19.4 Å². The number of halogens is 1. The van der Waals surface area contributed by atoms with Gasteiger partial charge < -0.3 is 20.5 Å². The number of benzene rings is 2. The second kappa shape index (κ2) is 8.88. The molecule has 2 aromatic carbocycles. The van der Waals surface area contributed by atoms with E-state index in [0.717, 1.165) is 6.42 Å². The number of hydrogen-bond donors (Lipinski definition) is 3. The average Bonchev–Trinajstić information content (AvgIpc) is 2.59. The first kappa shape index (κ1) is 17.7. The molecule has 0 fully saturated rings. The van der Waals surface area contributed by atoms with Crippen LogP contribution in [0, 0.1) is 5.82 Å². The lowest BCUT2D eigenvalue weighted by Crippen LogP contribution is -2.32. The molecule has 24 heavy (non-hydrogen) atoms. The number of amides is 2. The van der Waals surface area contributed by atoms with Gasteiger partial charge in [0.05, 0.1) is 12.7 Å². The molecule has 1 atom stereocenters. The summed E-state index contributed by atoms with van der Waals surface area (Å²) in [4.78, 5) is 11.9. The molecule has 2 aromatic rings. The number of rotatable bonds is 7. The van der Waals surface area contributed by atoms with Gasteiger partial charge in [0.1, 0.15) is 11.6 Å². The van der Waals surface area contributed by atoms with Crippen LogP contribution in [0.25, 0.3) is 0 Å². The van der Waals surface area contributed by atoms with Crippen LogP contribution in [0.15, 0.2) is 48.5 Å². The Morgan fingerprint density at radius 2 is 2.00 bits per heavy atom. The highest BCUT2D eigenvalue weighted by atomic mass is 19.1. The molecule has 1 unspecified atom stereocenters. The topological polar surface area (TPSA) is 70.6 Å². The van der Waals surface area contributed by atoms with Gasteiger partial charge in [-0.1, -0.05) is 25.1 Å². The van der Waals surface area contributed by atoms with E-state index in [9.17, 15) is 14.3 Å². The van der Waals surface area contributed by atoms with Crippen molar-refractivity contribution in [3.63, 3.8) is 0 Å². The Morgan fingerprint density at radius 3 is 2.71 bits per heavy atom. The van der Waals surface area contributed by atoms with Crippen LogP contribution < -0.4 is 15.4 Å². The van der Waals surface area contributed by atoms with Crippen molar-refractivity contribution in [1.29, 1.82) is 0 Å². The molecular weight excluding hydrogens is 311 g/mol. The van der Waals surface area contributed by atoms with Gasteiger partial charge in [0, 0.05) is 18.3 Å². The van der Waals surface area contributed by atoms with Gasteiger partial charge in [0.25, 0.3) is 0 Å². The summed E-state index contributed by atoms with van der Waals surface area (Å²) in [5.41, 5.74) is 1.13. The van der Waals surface area contributed by atoms with Gasteiger partial charge in [0.2, 0.25) is 0 Å². The Morgan fingerprint density at radius 1 is 1.25 bits per heavy atom. The quantitative estimate of drug-likeness (QED) is 0.727. The highest BCUT2D eigenvalue weighted by Gasteiger charge is 2.10. The minimum Gasteiger partial charge on any atom is -0.494 e. The van der Waals surface area contributed by atoms with E-state index < -0.39 is 12.1 Å². The van der Waals surface area contributed by atoms with E-state index in [0.29, 0.717) is 23.6 Å². The molecule has 0 heterocycles. The summed E-state index contributed by atoms with van der Waals surface area (Å²) in [6, 6.07) is 12.1. The minimum atomic E-state index is -0.907. The minimum absolute atomic E-state index is 0.0174. The predicted molar refractivity (Wildman–Crippen MR) is 90.6 cm³/mol. The standard InChI is InChI=1S/C18H21FN2O3/c1-2-10-24-16-5-3-4-15(11-16)21-18(23)20-12-17(22)13-6-8-14(19)9-7-13/h3-9,11,17,22H,2,10,12H2,1H3,(H2,20,21,23). The lowest BCUT2D eigenvalue weighted by molar-refractivity contribution is 0.175. The number of anilines is 1. The number of ether oxygens (including phenoxy) is 1. The van der Waals surface area contributed by atoms with Gasteiger partial charge in [-0.05, 0) is 36.2 Å². The third-order valence-electron chi connectivity index (χ3n) is 3.28. The zero-order chi connectivity index (χ0) is 17.4. The third-order valence-corrected chi connectivity index (χ3v) is 3.28. The summed E-state index contributed by atoms with van der Waals surface area (Å²) >= 11 is 0. The van der Waals surface area contributed by atoms with Crippen LogP contribution in [0.2, 0.25) is 0 Å². The lowest BCUT2D eigenvalue weighted by atomic mass is 10.1. The average molecular weight is 332 g/mol. The summed E-state index contributed by atoms with van der Waals surface area (Å²) in [7, 11) is 0. The molecule has 0 aliphatic rings. The van der Waals surface area contributed by atoms with Gasteiger partial charge >= 0.3 is 6.03 Å². The molecule has 0 spiro atoms. The Kier molecular flexibility index (Phi) is 6.57. The van der Waals surface area contributed by atoms with Crippen molar-refractivity contribution >= 4 is 11.7 Å². The second-order valence-electron chi connectivity index (χ2n) is 5.28. The Labute approximate surface area is 140 Å². The van der Waals surface area contributed by atoms with Crippen molar-refractivity contribution in [1.82, 2.24) is 5.32 Å². The normalized spacial score (nSPS) is 11.6. The van der Waals surface area contributed by atoms with Crippen molar-refractivity contribution in [2.75, 3.05) is 18.5 Å². The molecular formula is C18H21FN2O3. The van der Waals surface area contributed by atoms with Crippen LogP contribution >= 0.6 is 0 Å². The predicted octanol–water partition coefficient (Wildman–Crippen LogP) is 3.47. The molecule has 0 saturated heterocycles. The molecule has 0 saturated carbocycles. The Balaban J connectivity index is 1.83. The van der Waals surface area contributed by atoms with Crippen LogP contribution in [0.4, 0.5) is 14.9 Å². The fraction of sp³-hybridized carbons (Fsp3) is 0.278. The van der Waals surface area contributed by atoms with E-state index in [1.807, 2.05) is 13.0 Å².